The van der Waals surface area contributed by atoms with Crippen LogP contribution in [0.3, 0.4) is 0 Å². The maximum absolute atomic E-state index is 11.0. The number of nitrogens with two attached hydrogens (primary N) is 1. The van der Waals surface area contributed by atoms with Crippen molar-refractivity contribution in [3.8, 4) is 0 Å². The van der Waals surface area contributed by atoms with Gasteiger partial charge in [-0.15, -0.1) is 0 Å². The highest BCUT2D eigenvalue weighted by Gasteiger charge is 2.08. The van der Waals surface area contributed by atoms with Gasteiger partial charge in [-0.2, -0.15) is 11.8 Å². The summed E-state index contributed by atoms with van der Waals surface area (Å²) in [7, 11) is 0. The Labute approximate surface area is 81.7 Å². The van der Waals surface area contributed by atoms with Crippen LogP contribution in [0.1, 0.15) is 6.92 Å². The van der Waals surface area contributed by atoms with Crippen LogP contribution in [0.15, 0.2) is 5.16 Å². The number of carbonyl (C=O) groups is 1. The van der Waals surface area contributed by atoms with Gasteiger partial charge in [0.1, 0.15) is 5.84 Å². The third-order valence-electron chi connectivity index (χ3n) is 1.50. The van der Waals surface area contributed by atoms with Gasteiger partial charge < -0.3 is 16.3 Å². The standard InChI is InChI=1S/C7H15N3O2S/c1-5(7(8)10-12)3-9-6(11)4-13-2/h5,12H,3-4H2,1-2H3,(H2,8,10)(H,9,11). The van der Waals surface area contributed by atoms with Crippen molar-refractivity contribution < 1.29 is 10.0 Å². The number of nitrogens with zero attached hydrogens (tertiary/aromatic N) is 1. The van der Waals surface area contributed by atoms with Crippen LogP contribution in [0.5, 0.6) is 0 Å². The van der Waals surface area contributed by atoms with Crippen molar-refractivity contribution in [2.75, 3.05) is 18.6 Å². The second-order valence-corrected chi connectivity index (χ2v) is 3.53. The second-order valence-electron chi connectivity index (χ2n) is 2.66. The fourth-order valence-corrected chi connectivity index (χ4v) is 1.02. The van der Waals surface area contributed by atoms with Gasteiger partial charge in [0, 0.05) is 12.5 Å². The Balaban J connectivity index is 3.70. The number of nitrogens with one attached hydrogen (secondary N) is 1. The summed E-state index contributed by atoms with van der Waals surface area (Å²) in [6, 6.07) is 0. The molecule has 0 saturated heterocycles. The second kappa shape index (κ2) is 6.59. The summed E-state index contributed by atoms with van der Waals surface area (Å²) >= 11 is 1.45. The van der Waals surface area contributed by atoms with Crippen LogP contribution in [0, 0.1) is 5.92 Å². The van der Waals surface area contributed by atoms with Crippen LogP contribution < -0.4 is 11.1 Å². The fraction of sp³-hybridized carbons (Fsp3) is 0.714. The molecule has 1 unspecified atom stereocenters. The van der Waals surface area contributed by atoms with E-state index in [1.54, 1.807) is 6.92 Å². The quantitative estimate of drug-likeness (QED) is 0.252. The van der Waals surface area contributed by atoms with E-state index in [1.807, 2.05) is 6.26 Å². The minimum atomic E-state index is -0.143. The lowest BCUT2D eigenvalue weighted by molar-refractivity contribution is -0.118. The zero-order valence-corrected chi connectivity index (χ0v) is 8.60. The minimum absolute atomic E-state index is 0.0370. The molecule has 0 aromatic carbocycles. The van der Waals surface area contributed by atoms with Gasteiger partial charge in [0.05, 0.1) is 5.75 Å². The Morgan fingerprint density at radius 2 is 2.38 bits per heavy atom. The smallest absolute Gasteiger partial charge is 0.230 e. The summed E-state index contributed by atoms with van der Waals surface area (Å²) in [6.07, 6.45) is 1.85. The van der Waals surface area contributed by atoms with Gasteiger partial charge in [-0.05, 0) is 6.26 Å². The topological polar surface area (TPSA) is 87.7 Å². The highest BCUT2D eigenvalue weighted by molar-refractivity contribution is 7.99. The molecule has 6 heteroatoms. The number of hydrogen-bond donors (Lipinski definition) is 3. The molecule has 0 fully saturated rings. The first kappa shape index (κ1) is 12.1. The SMILES string of the molecule is CSCC(=O)NCC(C)C(N)=NO. The molecular formula is C7H15N3O2S. The highest BCUT2D eigenvalue weighted by atomic mass is 32.2. The summed E-state index contributed by atoms with van der Waals surface area (Å²) in [4.78, 5) is 11.0. The predicted molar refractivity (Wildman–Crippen MR) is 54.0 cm³/mol. The molecule has 13 heavy (non-hydrogen) atoms. The van der Waals surface area contributed by atoms with Crippen molar-refractivity contribution in [3.05, 3.63) is 0 Å². The molecule has 0 bridgehead atoms. The lowest BCUT2D eigenvalue weighted by Crippen LogP contribution is -2.35. The summed E-state index contributed by atoms with van der Waals surface area (Å²) in [5, 5.41) is 13.8. The molecule has 0 aliphatic rings. The van der Waals surface area contributed by atoms with Crippen molar-refractivity contribution in [3.63, 3.8) is 0 Å². The number of amides is 1. The van der Waals surface area contributed by atoms with Gasteiger partial charge in [0.15, 0.2) is 0 Å². The summed E-state index contributed by atoms with van der Waals surface area (Å²) in [5.41, 5.74) is 5.32. The van der Waals surface area contributed by atoms with Crippen molar-refractivity contribution in [2.24, 2.45) is 16.8 Å². The van der Waals surface area contributed by atoms with Gasteiger partial charge in [-0.3, -0.25) is 4.79 Å². The molecule has 0 spiro atoms. The zero-order chi connectivity index (χ0) is 10.3. The largest absolute Gasteiger partial charge is 0.409 e. The number of hydrogen-bond acceptors (Lipinski definition) is 4. The van der Waals surface area contributed by atoms with E-state index in [0.29, 0.717) is 12.3 Å². The summed E-state index contributed by atoms with van der Waals surface area (Å²) in [5.74, 6) is 0.383. The summed E-state index contributed by atoms with van der Waals surface area (Å²) in [6.45, 7) is 2.17. The molecule has 0 saturated carbocycles. The molecule has 1 amide bonds. The van der Waals surface area contributed by atoms with Crippen molar-refractivity contribution in [1.82, 2.24) is 5.32 Å². The number of rotatable bonds is 5. The lowest BCUT2D eigenvalue weighted by atomic mass is 10.1. The molecule has 0 rings (SSSR count). The first-order chi connectivity index (χ1) is 6.11. The molecule has 0 heterocycles. The maximum Gasteiger partial charge on any atom is 0.230 e. The lowest BCUT2D eigenvalue weighted by Gasteiger charge is -2.10. The fourth-order valence-electron chi connectivity index (χ4n) is 0.652. The van der Waals surface area contributed by atoms with Crippen molar-refractivity contribution in [2.45, 2.75) is 6.92 Å². The van der Waals surface area contributed by atoms with E-state index < -0.39 is 0 Å². The average molecular weight is 205 g/mol. The Kier molecular flexibility index (Phi) is 6.13. The van der Waals surface area contributed by atoms with Crippen LogP contribution >= 0.6 is 11.8 Å². The third kappa shape index (κ3) is 5.35. The zero-order valence-electron chi connectivity index (χ0n) is 7.78. The first-order valence-electron chi connectivity index (χ1n) is 3.84. The first-order valence-corrected chi connectivity index (χ1v) is 5.24. The number of amidine groups is 1. The molecule has 0 radical (unpaired) electrons. The molecule has 0 aliphatic carbocycles. The Hall–Kier alpha value is -0.910. The normalized spacial score (nSPS) is 13.8. The van der Waals surface area contributed by atoms with E-state index in [-0.39, 0.29) is 17.7 Å². The predicted octanol–water partition coefficient (Wildman–Crippen LogP) is -0.152. The molecule has 0 aromatic heterocycles. The highest BCUT2D eigenvalue weighted by Crippen LogP contribution is 1.94. The molecule has 0 aromatic rings. The molecule has 76 valence electrons. The minimum Gasteiger partial charge on any atom is -0.409 e. The molecule has 4 N–H and O–H groups in total. The number of oxime groups is 1. The van der Waals surface area contributed by atoms with Crippen molar-refractivity contribution >= 4 is 23.5 Å². The third-order valence-corrected chi connectivity index (χ3v) is 2.05. The Morgan fingerprint density at radius 1 is 1.77 bits per heavy atom. The summed E-state index contributed by atoms with van der Waals surface area (Å²) < 4.78 is 0. The Morgan fingerprint density at radius 3 is 2.85 bits per heavy atom. The van der Waals surface area contributed by atoms with Crippen LogP contribution in [-0.2, 0) is 4.79 Å². The van der Waals surface area contributed by atoms with Crippen LogP contribution in [-0.4, -0.2) is 35.5 Å². The van der Waals surface area contributed by atoms with Crippen molar-refractivity contribution in [1.29, 1.82) is 0 Å². The van der Waals surface area contributed by atoms with E-state index in [2.05, 4.69) is 10.5 Å². The van der Waals surface area contributed by atoms with E-state index in [9.17, 15) is 4.79 Å². The van der Waals surface area contributed by atoms with E-state index in [1.165, 1.54) is 11.8 Å². The van der Waals surface area contributed by atoms with Gasteiger partial charge >= 0.3 is 0 Å². The van der Waals surface area contributed by atoms with Gasteiger partial charge in [-0.25, -0.2) is 0 Å². The van der Waals surface area contributed by atoms with E-state index >= 15 is 0 Å². The van der Waals surface area contributed by atoms with Crippen LogP contribution in [0.4, 0.5) is 0 Å². The van der Waals surface area contributed by atoms with Crippen LogP contribution in [0.2, 0.25) is 0 Å². The molecule has 0 aliphatic heterocycles. The van der Waals surface area contributed by atoms with E-state index in [0.717, 1.165) is 0 Å². The van der Waals surface area contributed by atoms with E-state index in [4.69, 9.17) is 10.9 Å². The maximum atomic E-state index is 11.0. The van der Waals surface area contributed by atoms with Gasteiger partial charge in [0.25, 0.3) is 0 Å². The van der Waals surface area contributed by atoms with Crippen LogP contribution in [0.25, 0.3) is 0 Å². The number of carbonyl (C=O) groups excluding carboxylic acids is 1. The monoisotopic (exact) mass is 205 g/mol. The Bertz CT molecular complexity index is 196. The van der Waals surface area contributed by atoms with Gasteiger partial charge in [0.2, 0.25) is 5.91 Å². The van der Waals surface area contributed by atoms with Gasteiger partial charge in [-0.1, -0.05) is 12.1 Å². The average Bonchev–Trinajstić information content (AvgIpc) is 2.13. The molecule has 5 nitrogen and oxygen atoms in total. The molecule has 1 atom stereocenters. The number of thioether (sulfide) groups is 1. The molecular weight excluding hydrogens is 190 g/mol.